The van der Waals surface area contributed by atoms with Crippen molar-refractivity contribution in [1.82, 2.24) is 4.31 Å². The summed E-state index contributed by atoms with van der Waals surface area (Å²) in [5.74, 6) is 0. The molecule has 1 atom stereocenters. The summed E-state index contributed by atoms with van der Waals surface area (Å²) < 4.78 is 27.0. The fourth-order valence-electron chi connectivity index (χ4n) is 2.39. The zero-order valence-electron chi connectivity index (χ0n) is 10.7. The van der Waals surface area contributed by atoms with Crippen LogP contribution in [0.1, 0.15) is 24.0 Å². The van der Waals surface area contributed by atoms with Crippen molar-refractivity contribution in [2.75, 3.05) is 11.9 Å². The van der Waals surface area contributed by atoms with Gasteiger partial charge in [-0.05, 0) is 43.9 Å². The summed E-state index contributed by atoms with van der Waals surface area (Å²) in [6.07, 6.45) is 1.88. The van der Waals surface area contributed by atoms with Crippen LogP contribution in [-0.4, -0.2) is 30.6 Å². The number of benzene rings is 1. The van der Waals surface area contributed by atoms with Gasteiger partial charge in [0.1, 0.15) is 0 Å². The molecule has 0 amide bonds. The minimum atomic E-state index is -3.35. The van der Waals surface area contributed by atoms with Crippen LogP contribution < -0.4 is 0 Å². The molecular formula is C13H18BrNO2S. The van der Waals surface area contributed by atoms with Gasteiger partial charge in [0.15, 0.2) is 0 Å². The number of sulfonamides is 1. The van der Waals surface area contributed by atoms with E-state index >= 15 is 0 Å². The molecule has 1 aromatic rings. The van der Waals surface area contributed by atoms with Gasteiger partial charge in [-0.15, -0.1) is 0 Å². The van der Waals surface area contributed by atoms with Crippen molar-refractivity contribution in [3.8, 4) is 0 Å². The first kappa shape index (κ1) is 14.0. The van der Waals surface area contributed by atoms with Gasteiger partial charge in [0, 0.05) is 17.9 Å². The summed E-state index contributed by atoms with van der Waals surface area (Å²) in [6, 6.07) is 5.69. The van der Waals surface area contributed by atoms with Gasteiger partial charge in [-0.2, -0.15) is 4.31 Å². The van der Waals surface area contributed by atoms with Crippen LogP contribution in [0.25, 0.3) is 0 Å². The Labute approximate surface area is 117 Å². The summed E-state index contributed by atoms with van der Waals surface area (Å²) in [6.45, 7) is 4.40. The predicted molar refractivity (Wildman–Crippen MR) is 76.6 cm³/mol. The molecule has 0 spiro atoms. The van der Waals surface area contributed by atoms with Crippen molar-refractivity contribution < 1.29 is 8.42 Å². The molecule has 0 radical (unpaired) electrons. The molecule has 0 aliphatic carbocycles. The molecule has 0 aromatic heterocycles. The molecule has 1 aliphatic heterocycles. The zero-order chi connectivity index (χ0) is 13.3. The smallest absolute Gasteiger partial charge is 0.207 e. The first-order valence-corrected chi connectivity index (χ1v) is 8.68. The van der Waals surface area contributed by atoms with Crippen molar-refractivity contribution in [2.45, 2.75) is 37.6 Å². The van der Waals surface area contributed by atoms with E-state index in [4.69, 9.17) is 0 Å². The molecule has 0 bridgehead atoms. The van der Waals surface area contributed by atoms with E-state index in [0.717, 1.165) is 24.0 Å². The fraction of sp³-hybridized carbons (Fsp3) is 0.538. The zero-order valence-corrected chi connectivity index (χ0v) is 13.1. The van der Waals surface area contributed by atoms with Crippen molar-refractivity contribution in [3.63, 3.8) is 0 Å². The summed E-state index contributed by atoms with van der Waals surface area (Å²) in [5.41, 5.74) is 1.80. The normalized spacial score (nSPS) is 21.4. The second kappa shape index (κ2) is 5.31. The average Bonchev–Trinajstić information content (AvgIpc) is 2.81. The molecule has 18 heavy (non-hydrogen) atoms. The number of halogens is 1. The van der Waals surface area contributed by atoms with Gasteiger partial charge in [0.2, 0.25) is 10.0 Å². The van der Waals surface area contributed by atoms with E-state index in [1.807, 2.05) is 26.0 Å². The molecule has 1 saturated heterocycles. The Bertz CT molecular complexity index is 542. The van der Waals surface area contributed by atoms with Gasteiger partial charge in [-0.25, -0.2) is 8.42 Å². The van der Waals surface area contributed by atoms with Crippen LogP contribution in [0, 0.1) is 13.8 Å². The lowest BCUT2D eigenvalue weighted by atomic mass is 10.2. The Morgan fingerprint density at radius 1 is 1.39 bits per heavy atom. The van der Waals surface area contributed by atoms with Gasteiger partial charge in [0.25, 0.3) is 0 Å². The summed E-state index contributed by atoms with van der Waals surface area (Å²) in [7, 11) is -3.35. The van der Waals surface area contributed by atoms with Crippen LogP contribution in [0.4, 0.5) is 0 Å². The Morgan fingerprint density at radius 2 is 2.11 bits per heavy atom. The van der Waals surface area contributed by atoms with E-state index in [0.29, 0.717) is 16.8 Å². The average molecular weight is 332 g/mol. The molecule has 1 heterocycles. The Morgan fingerprint density at radius 3 is 2.78 bits per heavy atom. The largest absolute Gasteiger partial charge is 0.243 e. The SMILES string of the molecule is Cc1ccc(C)c(S(=O)(=O)N2CCCC2CBr)c1. The standard InChI is InChI=1S/C13H18BrNO2S/c1-10-5-6-11(2)13(8-10)18(16,17)15-7-3-4-12(15)9-14/h5-6,8,12H,3-4,7,9H2,1-2H3. The van der Waals surface area contributed by atoms with Crippen LogP contribution in [0.15, 0.2) is 23.1 Å². The van der Waals surface area contributed by atoms with E-state index in [2.05, 4.69) is 15.9 Å². The number of nitrogens with zero attached hydrogens (tertiary/aromatic N) is 1. The highest BCUT2D eigenvalue weighted by Gasteiger charge is 2.35. The molecule has 1 fully saturated rings. The molecule has 0 saturated carbocycles. The molecule has 0 N–H and O–H groups in total. The summed E-state index contributed by atoms with van der Waals surface area (Å²) in [5, 5.41) is 0.705. The van der Waals surface area contributed by atoms with Crippen molar-refractivity contribution in [1.29, 1.82) is 0 Å². The lowest BCUT2D eigenvalue weighted by Crippen LogP contribution is -2.36. The number of hydrogen-bond acceptors (Lipinski definition) is 2. The molecule has 2 rings (SSSR count). The molecule has 3 nitrogen and oxygen atoms in total. The third-order valence-electron chi connectivity index (χ3n) is 3.43. The summed E-state index contributed by atoms with van der Waals surface area (Å²) in [4.78, 5) is 0.454. The maximum Gasteiger partial charge on any atom is 0.243 e. The monoisotopic (exact) mass is 331 g/mol. The second-order valence-corrected chi connectivity index (χ2v) is 7.34. The van der Waals surface area contributed by atoms with E-state index in [9.17, 15) is 8.42 Å². The van der Waals surface area contributed by atoms with E-state index in [1.165, 1.54) is 0 Å². The minimum Gasteiger partial charge on any atom is -0.207 e. The lowest BCUT2D eigenvalue weighted by Gasteiger charge is -2.23. The topological polar surface area (TPSA) is 37.4 Å². The highest BCUT2D eigenvalue weighted by Crippen LogP contribution is 2.29. The maximum absolute atomic E-state index is 12.7. The Balaban J connectivity index is 2.45. The van der Waals surface area contributed by atoms with Crippen molar-refractivity contribution in [3.05, 3.63) is 29.3 Å². The van der Waals surface area contributed by atoms with Crippen LogP contribution >= 0.6 is 15.9 Å². The first-order valence-electron chi connectivity index (χ1n) is 6.12. The van der Waals surface area contributed by atoms with Crippen LogP contribution in [-0.2, 0) is 10.0 Å². The third-order valence-corrected chi connectivity index (χ3v) is 6.27. The van der Waals surface area contributed by atoms with Crippen molar-refractivity contribution >= 4 is 26.0 Å². The highest BCUT2D eigenvalue weighted by molar-refractivity contribution is 9.09. The fourth-order valence-corrected chi connectivity index (χ4v) is 5.26. The van der Waals surface area contributed by atoms with E-state index in [-0.39, 0.29) is 6.04 Å². The first-order chi connectivity index (χ1) is 8.46. The number of hydrogen-bond donors (Lipinski definition) is 0. The highest BCUT2D eigenvalue weighted by atomic mass is 79.9. The molecule has 100 valence electrons. The number of aryl methyl sites for hydroxylation is 2. The van der Waals surface area contributed by atoms with Crippen LogP contribution in [0.5, 0.6) is 0 Å². The third kappa shape index (κ3) is 2.49. The number of alkyl halides is 1. The predicted octanol–water partition coefficient (Wildman–Crippen LogP) is 2.85. The minimum absolute atomic E-state index is 0.0925. The second-order valence-electron chi connectivity index (χ2n) is 4.84. The quantitative estimate of drug-likeness (QED) is 0.798. The maximum atomic E-state index is 12.7. The van der Waals surface area contributed by atoms with E-state index < -0.39 is 10.0 Å². The molecule has 1 aliphatic rings. The van der Waals surface area contributed by atoms with Gasteiger partial charge in [-0.1, -0.05) is 28.1 Å². The Hall–Kier alpha value is -0.390. The van der Waals surface area contributed by atoms with Crippen LogP contribution in [0.2, 0.25) is 0 Å². The summed E-state index contributed by atoms with van der Waals surface area (Å²) >= 11 is 3.41. The van der Waals surface area contributed by atoms with Crippen LogP contribution in [0.3, 0.4) is 0 Å². The molecule has 5 heteroatoms. The van der Waals surface area contributed by atoms with Gasteiger partial charge in [0.05, 0.1) is 4.90 Å². The van der Waals surface area contributed by atoms with Gasteiger partial charge >= 0.3 is 0 Å². The molecular weight excluding hydrogens is 314 g/mol. The van der Waals surface area contributed by atoms with E-state index in [1.54, 1.807) is 10.4 Å². The molecule has 1 unspecified atom stereocenters. The van der Waals surface area contributed by atoms with Crippen molar-refractivity contribution in [2.24, 2.45) is 0 Å². The molecule has 1 aromatic carbocycles. The number of rotatable bonds is 3. The lowest BCUT2D eigenvalue weighted by molar-refractivity contribution is 0.413. The van der Waals surface area contributed by atoms with Gasteiger partial charge in [-0.3, -0.25) is 0 Å². The Kier molecular flexibility index (Phi) is 4.14. The van der Waals surface area contributed by atoms with Gasteiger partial charge < -0.3 is 0 Å².